The molecule has 3 amide bonds. The maximum atomic E-state index is 12.9. The number of fused-ring (bicyclic) bond motifs is 1. The van der Waals surface area contributed by atoms with Crippen LogP contribution in [0.15, 0.2) is 48.5 Å². The highest BCUT2D eigenvalue weighted by atomic mass is 16.5. The molecule has 0 N–H and O–H groups in total. The van der Waals surface area contributed by atoms with Crippen molar-refractivity contribution in [2.75, 3.05) is 16.3 Å². The molecule has 0 radical (unpaired) electrons. The van der Waals surface area contributed by atoms with Crippen molar-refractivity contribution < 1.29 is 23.9 Å². The van der Waals surface area contributed by atoms with Crippen molar-refractivity contribution in [2.24, 2.45) is 23.7 Å². The van der Waals surface area contributed by atoms with Crippen LogP contribution in [-0.4, -0.2) is 30.2 Å². The second-order valence-corrected chi connectivity index (χ2v) is 9.80. The topological polar surface area (TPSA) is 84.0 Å². The average molecular weight is 461 g/mol. The van der Waals surface area contributed by atoms with Crippen molar-refractivity contribution in [3.05, 3.63) is 54.1 Å². The van der Waals surface area contributed by atoms with Crippen LogP contribution >= 0.6 is 0 Å². The largest absolute Gasteiger partial charge is 0.426 e. The molecular weight excluding hydrogens is 432 g/mol. The van der Waals surface area contributed by atoms with E-state index >= 15 is 0 Å². The van der Waals surface area contributed by atoms with Gasteiger partial charge >= 0.3 is 5.97 Å². The smallest absolute Gasteiger partial charge is 0.316 e. The molecule has 7 heteroatoms. The third-order valence-corrected chi connectivity index (χ3v) is 7.31. The molecule has 2 heterocycles. The van der Waals surface area contributed by atoms with Crippen LogP contribution in [0.3, 0.4) is 0 Å². The Balaban J connectivity index is 1.24. The first-order valence-corrected chi connectivity index (χ1v) is 11.9. The lowest BCUT2D eigenvalue weighted by molar-refractivity contribution is -0.139. The van der Waals surface area contributed by atoms with Crippen LogP contribution in [0.2, 0.25) is 0 Å². The van der Waals surface area contributed by atoms with E-state index in [1.807, 2.05) is 31.2 Å². The summed E-state index contributed by atoms with van der Waals surface area (Å²) >= 11 is 0. The molecule has 0 unspecified atom stereocenters. The van der Waals surface area contributed by atoms with E-state index in [-0.39, 0.29) is 42.5 Å². The summed E-state index contributed by atoms with van der Waals surface area (Å²) < 4.78 is 5.52. The molecule has 1 aliphatic carbocycles. The fraction of sp³-hybridized carbons (Fsp3) is 0.407. The second-order valence-electron chi connectivity index (χ2n) is 9.80. The van der Waals surface area contributed by atoms with Gasteiger partial charge in [0.05, 0.1) is 23.4 Å². The Morgan fingerprint density at radius 1 is 0.882 bits per heavy atom. The molecule has 5 rings (SSSR count). The van der Waals surface area contributed by atoms with Gasteiger partial charge in [-0.25, -0.2) is 0 Å². The molecule has 1 saturated carbocycles. The number of carbonyl (C=O) groups is 4. The summed E-state index contributed by atoms with van der Waals surface area (Å²) in [6.07, 6.45) is 2.57. The molecule has 2 aromatic carbocycles. The number of hydrogen-bond acceptors (Lipinski definition) is 5. The molecule has 0 aromatic heterocycles. The van der Waals surface area contributed by atoms with E-state index in [4.69, 9.17) is 4.74 Å². The van der Waals surface area contributed by atoms with E-state index in [1.165, 1.54) is 4.90 Å². The third-order valence-electron chi connectivity index (χ3n) is 7.31. The van der Waals surface area contributed by atoms with Crippen molar-refractivity contribution in [3.8, 4) is 5.75 Å². The summed E-state index contributed by atoms with van der Waals surface area (Å²) in [7, 11) is 0. The number of benzene rings is 2. The Kier molecular flexibility index (Phi) is 5.71. The highest BCUT2D eigenvalue weighted by Gasteiger charge is 2.50. The lowest BCUT2D eigenvalue weighted by atomic mass is 9.76. The fourth-order valence-corrected chi connectivity index (χ4v) is 5.35. The predicted molar refractivity (Wildman–Crippen MR) is 126 cm³/mol. The van der Waals surface area contributed by atoms with E-state index in [1.54, 1.807) is 29.2 Å². The zero-order chi connectivity index (χ0) is 24.0. The SMILES string of the molecule is Cc1ccc(N2C[C@H](C(=O)Oc3ccc(N4C(=O)[C@H]5C[C@H](C)CC[C@H]5C4=O)cc3)CC2=O)cc1. The van der Waals surface area contributed by atoms with Gasteiger partial charge in [0.1, 0.15) is 5.75 Å². The van der Waals surface area contributed by atoms with Crippen LogP contribution in [0.4, 0.5) is 11.4 Å². The van der Waals surface area contributed by atoms with Gasteiger partial charge in [0.25, 0.3) is 0 Å². The molecule has 0 spiro atoms. The van der Waals surface area contributed by atoms with E-state index < -0.39 is 11.9 Å². The highest BCUT2D eigenvalue weighted by molar-refractivity contribution is 6.22. The number of amides is 3. The Labute approximate surface area is 198 Å². The first kappa shape index (κ1) is 22.3. The molecule has 4 atom stereocenters. The first-order valence-electron chi connectivity index (χ1n) is 11.9. The summed E-state index contributed by atoms with van der Waals surface area (Å²) in [6.45, 7) is 4.37. The third kappa shape index (κ3) is 4.00. The molecule has 3 aliphatic rings. The minimum atomic E-state index is -0.555. The maximum absolute atomic E-state index is 12.9. The Morgan fingerprint density at radius 2 is 1.53 bits per heavy atom. The van der Waals surface area contributed by atoms with Crippen LogP contribution in [0, 0.1) is 30.6 Å². The van der Waals surface area contributed by atoms with Crippen LogP contribution in [0.1, 0.15) is 38.2 Å². The lowest BCUT2D eigenvalue weighted by Crippen LogP contribution is -2.30. The van der Waals surface area contributed by atoms with Crippen LogP contribution in [0.25, 0.3) is 0 Å². The number of anilines is 2. The Hall–Kier alpha value is -3.48. The number of ether oxygens (including phenoxy) is 1. The number of imide groups is 1. The minimum Gasteiger partial charge on any atom is -0.426 e. The number of aryl methyl sites for hydroxylation is 1. The van der Waals surface area contributed by atoms with Gasteiger partial charge in [-0.15, -0.1) is 0 Å². The molecule has 176 valence electrons. The molecule has 2 aromatic rings. The second kappa shape index (κ2) is 8.70. The molecule has 2 aliphatic heterocycles. The van der Waals surface area contributed by atoms with Gasteiger partial charge in [0.15, 0.2) is 0 Å². The summed E-state index contributed by atoms with van der Waals surface area (Å²) in [5.41, 5.74) is 2.36. The van der Waals surface area contributed by atoms with Gasteiger partial charge in [-0.05, 0) is 68.5 Å². The van der Waals surface area contributed by atoms with Gasteiger partial charge in [0.2, 0.25) is 17.7 Å². The molecule has 3 fully saturated rings. The van der Waals surface area contributed by atoms with Crippen LogP contribution < -0.4 is 14.5 Å². The summed E-state index contributed by atoms with van der Waals surface area (Å²) in [6, 6.07) is 14.1. The van der Waals surface area contributed by atoms with Gasteiger partial charge in [0, 0.05) is 18.7 Å². The number of esters is 1. The van der Waals surface area contributed by atoms with Gasteiger partial charge < -0.3 is 9.64 Å². The van der Waals surface area contributed by atoms with E-state index in [0.717, 1.165) is 30.5 Å². The minimum absolute atomic E-state index is 0.1000. The van der Waals surface area contributed by atoms with Crippen molar-refractivity contribution >= 4 is 35.1 Å². The molecule has 2 saturated heterocycles. The maximum Gasteiger partial charge on any atom is 0.316 e. The van der Waals surface area contributed by atoms with Crippen molar-refractivity contribution in [1.29, 1.82) is 0 Å². The van der Waals surface area contributed by atoms with Crippen LogP contribution in [0.5, 0.6) is 5.75 Å². The Bertz CT molecular complexity index is 1140. The molecular formula is C27H28N2O5. The quantitative estimate of drug-likeness (QED) is 0.393. The molecule has 34 heavy (non-hydrogen) atoms. The van der Waals surface area contributed by atoms with Crippen molar-refractivity contribution in [1.82, 2.24) is 0 Å². The summed E-state index contributed by atoms with van der Waals surface area (Å²) in [5, 5.41) is 0. The van der Waals surface area contributed by atoms with Gasteiger partial charge in [-0.1, -0.05) is 24.6 Å². The van der Waals surface area contributed by atoms with E-state index in [0.29, 0.717) is 17.4 Å². The van der Waals surface area contributed by atoms with Gasteiger partial charge in [-0.2, -0.15) is 0 Å². The first-order chi connectivity index (χ1) is 16.3. The van der Waals surface area contributed by atoms with Crippen molar-refractivity contribution in [2.45, 2.75) is 39.5 Å². The average Bonchev–Trinajstić information content (AvgIpc) is 3.32. The number of hydrogen-bond donors (Lipinski definition) is 0. The number of rotatable bonds is 4. The standard InChI is InChI=1S/C27H28N2O5/c1-16-3-6-19(7-4-16)28-15-18(14-24(28)30)27(33)34-21-10-8-20(9-11-21)29-25(31)22-12-5-17(2)13-23(22)26(29)32/h3-4,6-11,17-18,22-23H,5,12-15H2,1-2H3/t17-,18-,22-,23+/m1/s1. The lowest BCUT2D eigenvalue weighted by Gasteiger charge is -2.25. The number of carbonyl (C=O) groups excluding carboxylic acids is 4. The van der Waals surface area contributed by atoms with Gasteiger partial charge in [-0.3, -0.25) is 24.1 Å². The number of nitrogens with zero attached hydrogens (tertiary/aromatic N) is 2. The van der Waals surface area contributed by atoms with E-state index in [2.05, 4.69) is 6.92 Å². The molecule has 0 bridgehead atoms. The normalized spacial score (nSPS) is 26.7. The molecule has 7 nitrogen and oxygen atoms in total. The van der Waals surface area contributed by atoms with Crippen LogP contribution in [-0.2, 0) is 19.2 Å². The van der Waals surface area contributed by atoms with Crippen molar-refractivity contribution in [3.63, 3.8) is 0 Å². The zero-order valence-electron chi connectivity index (χ0n) is 19.4. The van der Waals surface area contributed by atoms with E-state index in [9.17, 15) is 19.2 Å². The fourth-order valence-electron chi connectivity index (χ4n) is 5.35. The predicted octanol–water partition coefficient (Wildman–Crippen LogP) is 3.88. The highest BCUT2D eigenvalue weighted by Crippen LogP contribution is 2.42. The Morgan fingerprint density at radius 3 is 2.24 bits per heavy atom. The summed E-state index contributed by atoms with van der Waals surface area (Å²) in [5.74, 6) is -1.08. The zero-order valence-corrected chi connectivity index (χ0v) is 19.4. The monoisotopic (exact) mass is 460 g/mol. The summed E-state index contributed by atoms with van der Waals surface area (Å²) in [4.78, 5) is 53.9.